The van der Waals surface area contributed by atoms with Crippen molar-refractivity contribution >= 4 is 5.82 Å². The predicted octanol–water partition coefficient (Wildman–Crippen LogP) is -0.530. The lowest BCUT2D eigenvalue weighted by Gasteiger charge is -1.97. The Hall–Kier alpha value is -1.10. The Labute approximate surface area is 65.6 Å². The van der Waals surface area contributed by atoms with E-state index in [1.54, 1.807) is 11.0 Å². The third-order valence-corrected chi connectivity index (χ3v) is 1.34. The molecule has 0 aliphatic rings. The van der Waals surface area contributed by atoms with Gasteiger partial charge in [0.2, 0.25) is 0 Å². The maximum Gasteiger partial charge on any atom is 0.165 e. The zero-order valence-electron chi connectivity index (χ0n) is 6.62. The number of anilines is 1. The number of hydrogen-bond donors (Lipinski definition) is 2. The van der Waals surface area contributed by atoms with Crippen molar-refractivity contribution in [1.29, 1.82) is 0 Å². The maximum absolute atomic E-state index is 5.37. The molecule has 5 nitrogen and oxygen atoms in total. The van der Waals surface area contributed by atoms with E-state index in [0.29, 0.717) is 5.82 Å². The van der Waals surface area contributed by atoms with Gasteiger partial charge in [-0.05, 0) is 20.0 Å². The zero-order valence-corrected chi connectivity index (χ0v) is 6.62. The number of rotatable bonds is 4. The van der Waals surface area contributed by atoms with Gasteiger partial charge in [-0.25, -0.2) is 0 Å². The van der Waals surface area contributed by atoms with Crippen molar-refractivity contribution in [3.63, 3.8) is 0 Å². The molecule has 0 aliphatic carbocycles. The minimum Gasteiger partial charge on any atom is -0.381 e. The second-order valence-electron chi connectivity index (χ2n) is 2.32. The molecule has 0 atom stereocenters. The number of nitrogens with one attached hydrogen (secondary N) is 1. The van der Waals surface area contributed by atoms with Crippen LogP contribution in [-0.2, 0) is 6.54 Å². The number of aromatic nitrogens is 3. The summed E-state index contributed by atoms with van der Waals surface area (Å²) in [6.45, 7) is 1.79. The molecule has 0 aromatic carbocycles. The molecule has 62 valence electrons. The van der Waals surface area contributed by atoms with Crippen LogP contribution in [0.3, 0.4) is 0 Å². The van der Waals surface area contributed by atoms with Crippen molar-refractivity contribution in [2.24, 2.45) is 0 Å². The van der Waals surface area contributed by atoms with E-state index < -0.39 is 0 Å². The zero-order chi connectivity index (χ0) is 8.10. The first-order chi connectivity index (χ1) is 5.33. The van der Waals surface area contributed by atoms with E-state index in [1.165, 1.54) is 0 Å². The molecule has 0 bridgehead atoms. The summed E-state index contributed by atoms with van der Waals surface area (Å²) in [5.74, 6) is 0.481. The van der Waals surface area contributed by atoms with E-state index in [2.05, 4.69) is 15.5 Å². The summed E-state index contributed by atoms with van der Waals surface area (Å²) in [5.41, 5.74) is 5.37. The molecule has 0 unspecified atom stereocenters. The van der Waals surface area contributed by atoms with E-state index in [-0.39, 0.29) is 0 Å². The highest BCUT2D eigenvalue weighted by Crippen LogP contribution is 1.91. The van der Waals surface area contributed by atoms with Crippen LogP contribution in [0.2, 0.25) is 0 Å². The van der Waals surface area contributed by atoms with Gasteiger partial charge in [0.1, 0.15) is 0 Å². The first-order valence-corrected chi connectivity index (χ1v) is 3.63. The first kappa shape index (κ1) is 8.00. The van der Waals surface area contributed by atoms with Gasteiger partial charge < -0.3 is 11.1 Å². The van der Waals surface area contributed by atoms with Gasteiger partial charge in [-0.3, -0.25) is 0 Å². The Balaban J connectivity index is 2.27. The molecule has 0 spiro atoms. The molecule has 5 heteroatoms. The van der Waals surface area contributed by atoms with Gasteiger partial charge in [-0.1, -0.05) is 0 Å². The molecule has 1 heterocycles. The smallest absolute Gasteiger partial charge is 0.165 e. The van der Waals surface area contributed by atoms with Crippen molar-refractivity contribution in [2.45, 2.75) is 13.0 Å². The fourth-order valence-electron chi connectivity index (χ4n) is 0.816. The second kappa shape index (κ2) is 3.92. The topological polar surface area (TPSA) is 68.8 Å². The minimum atomic E-state index is 0.481. The van der Waals surface area contributed by atoms with E-state index in [9.17, 15) is 0 Å². The van der Waals surface area contributed by atoms with Crippen LogP contribution in [0.25, 0.3) is 0 Å². The van der Waals surface area contributed by atoms with Gasteiger partial charge in [-0.2, -0.15) is 9.90 Å². The maximum atomic E-state index is 5.37. The molecule has 11 heavy (non-hydrogen) atoms. The molecule has 0 amide bonds. The normalized spacial score (nSPS) is 10.3. The number of nitrogens with zero attached hydrogens (tertiary/aromatic N) is 3. The number of aryl methyl sites for hydroxylation is 1. The van der Waals surface area contributed by atoms with E-state index in [1.807, 2.05) is 7.05 Å². The summed E-state index contributed by atoms with van der Waals surface area (Å²) in [4.78, 5) is 1.60. The lowest BCUT2D eigenvalue weighted by molar-refractivity contribution is 0.505. The molecule has 1 rings (SSSR count). The van der Waals surface area contributed by atoms with Crippen molar-refractivity contribution in [3.8, 4) is 0 Å². The van der Waals surface area contributed by atoms with Crippen molar-refractivity contribution in [3.05, 3.63) is 6.20 Å². The molecule has 1 aromatic rings. The second-order valence-corrected chi connectivity index (χ2v) is 2.32. The Kier molecular flexibility index (Phi) is 2.85. The highest BCUT2D eigenvalue weighted by atomic mass is 15.5. The lowest BCUT2D eigenvalue weighted by atomic mass is 10.4. The lowest BCUT2D eigenvalue weighted by Crippen LogP contribution is -2.12. The number of hydrogen-bond acceptors (Lipinski definition) is 4. The predicted molar refractivity (Wildman–Crippen MR) is 43.0 cm³/mol. The Morgan fingerprint density at radius 2 is 2.55 bits per heavy atom. The van der Waals surface area contributed by atoms with Crippen molar-refractivity contribution < 1.29 is 0 Å². The van der Waals surface area contributed by atoms with Crippen LogP contribution in [0.1, 0.15) is 6.42 Å². The van der Waals surface area contributed by atoms with Gasteiger partial charge in [0, 0.05) is 0 Å². The van der Waals surface area contributed by atoms with Gasteiger partial charge in [-0.15, -0.1) is 5.10 Å². The average molecular weight is 155 g/mol. The Morgan fingerprint density at radius 3 is 3.09 bits per heavy atom. The summed E-state index contributed by atoms with van der Waals surface area (Å²) in [6, 6.07) is 0. The number of nitrogen functional groups attached to an aromatic ring is 1. The third kappa shape index (κ3) is 2.55. The fraction of sp³-hybridized carbons (Fsp3) is 0.667. The standard InChI is InChI=1S/C6H13N5/c1-8-3-2-4-11-9-5-6(7)10-11/h5,8H,2-4H2,1H3,(H2,7,10). The third-order valence-electron chi connectivity index (χ3n) is 1.34. The van der Waals surface area contributed by atoms with Crippen molar-refractivity contribution in [2.75, 3.05) is 19.3 Å². The Morgan fingerprint density at radius 1 is 1.73 bits per heavy atom. The van der Waals surface area contributed by atoms with E-state index in [0.717, 1.165) is 19.5 Å². The molecule has 0 fully saturated rings. The monoisotopic (exact) mass is 155 g/mol. The number of nitrogens with two attached hydrogens (primary N) is 1. The summed E-state index contributed by atoms with van der Waals surface area (Å²) >= 11 is 0. The summed E-state index contributed by atoms with van der Waals surface area (Å²) in [6.07, 6.45) is 2.57. The molecule has 1 aromatic heterocycles. The molecular formula is C6H13N5. The average Bonchev–Trinajstić information content (AvgIpc) is 2.37. The highest BCUT2D eigenvalue weighted by molar-refractivity contribution is 5.19. The van der Waals surface area contributed by atoms with Crippen LogP contribution < -0.4 is 11.1 Å². The first-order valence-electron chi connectivity index (χ1n) is 3.63. The van der Waals surface area contributed by atoms with Crippen LogP contribution >= 0.6 is 0 Å². The molecule has 0 radical (unpaired) electrons. The van der Waals surface area contributed by atoms with Crippen LogP contribution in [0.4, 0.5) is 5.82 Å². The Bertz CT molecular complexity index is 206. The van der Waals surface area contributed by atoms with Crippen molar-refractivity contribution in [1.82, 2.24) is 20.3 Å². The van der Waals surface area contributed by atoms with Crippen LogP contribution in [-0.4, -0.2) is 28.6 Å². The summed E-state index contributed by atoms with van der Waals surface area (Å²) < 4.78 is 0. The van der Waals surface area contributed by atoms with Crippen LogP contribution in [0.15, 0.2) is 6.20 Å². The quantitative estimate of drug-likeness (QED) is 0.573. The van der Waals surface area contributed by atoms with Gasteiger partial charge >= 0.3 is 0 Å². The van der Waals surface area contributed by atoms with Crippen LogP contribution in [0.5, 0.6) is 0 Å². The highest BCUT2D eigenvalue weighted by Gasteiger charge is 1.93. The molecule has 0 saturated carbocycles. The fourth-order valence-corrected chi connectivity index (χ4v) is 0.816. The van der Waals surface area contributed by atoms with Gasteiger partial charge in [0.15, 0.2) is 5.82 Å². The largest absolute Gasteiger partial charge is 0.381 e. The van der Waals surface area contributed by atoms with E-state index in [4.69, 9.17) is 5.73 Å². The summed E-state index contributed by atoms with van der Waals surface area (Å²) in [5, 5.41) is 10.9. The van der Waals surface area contributed by atoms with Crippen LogP contribution in [0, 0.1) is 0 Å². The van der Waals surface area contributed by atoms with E-state index >= 15 is 0 Å². The SMILES string of the molecule is CNCCCn1ncc(N)n1. The van der Waals surface area contributed by atoms with Gasteiger partial charge in [0.25, 0.3) is 0 Å². The molecule has 0 aliphatic heterocycles. The summed E-state index contributed by atoms with van der Waals surface area (Å²) in [7, 11) is 1.92. The van der Waals surface area contributed by atoms with Gasteiger partial charge in [0.05, 0.1) is 12.7 Å². The molecule has 3 N–H and O–H groups in total. The molecule has 0 saturated heterocycles. The molecular weight excluding hydrogens is 142 g/mol. The minimum absolute atomic E-state index is 0.481.